The third-order valence-electron chi connectivity index (χ3n) is 4.90. The summed E-state index contributed by atoms with van der Waals surface area (Å²) in [5, 5.41) is 3.31. The van der Waals surface area contributed by atoms with Crippen LogP contribution in [0.25, 0.3) is 0 Å². The van der Waals surface area contributed by atoms with E-state index in [-0.39, 0.29) is 9.79 Å². The fraction of sp³-hybridized carbons (Fsp3) is 0.368. The first-order chi connectivity index (χ1) is 13.2. The van der Waals surface area contributed by atoms with Gasteiger partial charge in [0.1, 0.15) is 0 Å². The second-order valence-corrected chi connectivity index (χ2v) is 10.8. The van der Waals surface area contributed by atoms with Crippen LogP contribution >= 0.6 is 0 Å². The number of sulfonamides is 2. The Bertz CT molecular complexity index is 1030. The van der Waals surface area contributed by atoms with Gasteiger partial charge in [-0.2, -0.15) is 0 Å². The molecule has 1 heterocycles. The number of para-hydroxylation sites is 1. The number of hydrogen-bond acceptors (Lipinski definition) is 5. The first kappa shape index (κ1) is 20.8. The maximum Gasteiger partial charge on any atom is 0.261 e. The fourth-order valence-corrected chi connectivity index (χ4v) is 5.27. The quantitative estimate of drug-likeness (QED) is 0.743. The van der Waals surface area contributed by atoms with Gasteiger partial charge in [-0.3, -0.25) is 4.72 Å². The van der Waals surface area contributed by atoms with Crippen LogP contribution in [0, 0.1) is 0 Å². The van der Waals surface area contributed by atoms with Crippen molar-refractivity contribution in [3.05, 3.63) is 54.1 Å². The summed E-state index contributed by atoms with van der Waals surface area (Å²) in [6, 6.07) is 12.7. The van der Waals surface area contributed by atoms with Crippen LogP contribution in [-0.4, -0.2) is 48.3 Å². The van der Waals surface area contributed by atoms with Gasteiger partial charge in [-0.25, -0.2) is 21.1 Å². The van der Waals surface area contributed by atoms with Crippen LogP contribution in [0.1, 0.15) is 24.3 Å². The van der Waals surface area contributed by atoms with Gasteiger partial charge in [0.05, 0.1) is 15.5 Å². The van der Waals surface area contributed by atoms with Crippen molar-refractivity contribution in [2.24, 2.45) is 0 Å². The van der Waals surface area contributed by atoms with Crippen molar-refractivity contribution < 1.29 is 16.8 Å². The number of benzene rings is 2. The third kappa shape index (κ3) is 4.38. The predicted octanol–water partition coefficient (Wildman–Crippen LogP) is 2.20. The minimum Gasteiger partial charge on any atom is -0.317 e. The van der Waals surface area contributed by atoms with E-state index in [2.05, 4.69) is 10.0 Å². The first-order valence-electron chi connectivity index (χ1n) is 9.07. The number of anilines is 1. The normalized spacial score (nSPS) is 16.2. The van der Waals surface area contributed by atoms with Gasteiger partial charge in [0.25, 0.3) is 10.0 Å². The van der Waals surface area contributed by atoms with Gasteiger partial charge < -0.3 is 5.32 Å². The zero-order valence-corrected chi connectivity index (χ0v) is 17.6. The topological polar surface area (TPSA) is 95.6 Å². The van der Waals surface area contributed by atoms with Gasteiger partial charge in [0.15, 0.2) is 0 Å². The average Bonchev–Trinajstić information content (AvgIpc) is 2.69. The Hall–Kier alpha value is -1.94. The highest BCUT2D eigenvalue weighted by Crippen LogP contribution is 2.32. The van der Waals surface area contributed by atoms with Crippen LogP contribution in [0.4, 0.5) is 5.69 Å². The molecule has 2 N–H and O–H groups in total. The lowest BCUT2D eigenvalue weighted by atomic mass is 9.89. The lowest BCUT2D eigenvalue weighted by Crippen LogP contribution is -2.27. The molecule has 28 heavy (non-hydrogen) atoms. The Morgan fingerprint density at radius 2 is 1.46 bits per heavy atom. The highest BCUT2D eigenvalue weighted by Gasteiger charge is 2.23. The molecule has 0 atom stereocenters. The maximum atomic E-state index is 12.8. The molecule has 0 aromatic heterocycles. The van der Waals surface area contributed by atoms with Crippen LogP contribution < -0.4 is 10.0 Å². The van der Waals surface area contributed by atoms with E-state index in [9.17, 15) is 16.8 Å². The monoisotopic (exact) mass is 423 g/mol. The third-order valence-corrected chi connectivity index (χ3v) is 8.11. The van der Waals surface area contributed by atoms with E-state index in [1.165, 1.54) is 38.4 Å². The summed E-state index contributed by atoms with van der Waals surface area (Å²) in [5.74, 6) is 0.299. The zero-order valence-electron chi connectivity index (χ0n) is 15.9. The second-order valence-electron chi connectivity index (χ2n) is 6.98. The Labute approximate surface area is 166 Å². The molecule has 0 aliphatic carbocycles. The van der Waals surface area contributed by atoms with Crippen LogP contribution in [0.15, 0.2) is 58.3 Å². The molecule has 3 rings (SSSR count). The Kier molecular flexibility index (Phi) is 6.09. The van der Waals surface area contributed by atoms with Gasteiger partial charge in [-0.05, 0) is 67.7 Å². The zero-order chi connectivity index (χ0) is 20.4. The SMILES string of the molecule is CN(C)S(=O)(=O)c1ccc(S(=O)(=O)Nc2ccccc2C2CCNCC2)cc1. The summed E-state index contributed by atoms with van der Waals surface area (Å²) in [6.45, 7) is 1.82. The number of hydrogen-bond donors (Lipinski definition) is 2. The Balaban J connectivity index is 1.87. The second kappa shape index (κ2) is 8.20. The molecule has 1 saturated heterocycles. The minimum atomic E-state index is -3.83. The van der Waals surface area contributed by atoms with Crippen molar-refractivity contribution >= 4 is 25.7 Å². The van der Waals surface area contributed by atoms with E-state index >= 15 is 0 Å². The summed E-state index contributed by atoms with van der Waals surface area (Å²) >= 11 is 0. The van der Waals surface area contributed by atoms with Gasteiger partial charge in [-0.1, -0.05) is 18.2 Å². The van der Waals surface area contributed by atoms with Crippen molar-refractivity contribution in [3.63, 3.8) is 0 Å². The van der Waals surface area contributed by atoms with Gasteiger partial charge in [0, 0.05) is 14.1 Å². The highest BCUT2D eigenvalue weighted by molar-refractivity contribution is 7.92. The van der Waals surface area contributed by atoms with E-state index in [0.717, 1.165) is 35.8 Å². The standard InChI is InChI=1S/C19H25N3O4S2/c1-22(2)28(25,26)17-9-7-16(8-10-17)27(23,24)21-19-6-4-3-5-18(19)15-11-13-20-14-12-15/h3-10,15,20-21H,11-14H2,1-2H3. The maximum absolute atomic E-state index is 12.8. The molecule has 2 aromatic rings. The molecule has 1 aliphatic heterocycles. The molecular weight excluding hydrogens is 398 g/mol. The molecule has 1 fully saturated rings. The highest BCUT2D eigenvalue weighted by atomic mass is 32.2. The lowest BCUT2D eigenvalue weighted by molar-refractivity contribution is 0.461. The predicted molar refractivity (Wildman–Crippen MR) is 109 cm³/mol. The molecule has 1 aliphatic rings. The molecule has 0 saturated carbocycles. The molecule has 0 unspecified atom stereocenters. The van der Waals surface area contributed by atoms with Crippen molar-refractivity contribution in [2.45, 2.75) is 28.6 Å². The van der Waals surface area contributed by atoms with Crippen molar-refractivity contribution in [3.8, 4) is 0 Å². The summed E-state index contributed by atoms with van der Waals surface area (Å²) < 4.78 is 53.8. The summed E-state index contributed by atoms with van der Waals surface area (Å²) in [7, 11) is -4.58. The van der Waals surface area contributed by atoms with E-state index in [1.54, 1.807) is 12.1 Å². The fourth-order valence-electron chi connectivity index (χ4n) is 3.28. The number of nitrogens with one attached hydrogen (secondary N) is 2. The average molecular weight is 424 g/mol. The summed E-state index contributed by atoms with van der Waals surface area (Å²) in [5.41, 5.74) is 1.55. The molecular formula is C19H25N3O4S2. The van der Waals surface area contributed by atoms with Crippen molar-refractivity contribution in [1.82, 2.24) is 9.62 Å². The number of piperidine rings is 1. The van der Waals surface area contributed by atoms with E-state index in [0.29, 0.717) is 11.6 Å². The molecule has 0 amide bonds. The smallest absolute Gasteiger partial charge is 0.261 e. The first-order valence-corrected chi connectivity index (χ1v) is 12.0. The van der Waals surface area contributed by atoms with Crippen LogP contribution in [0.3, 0.4) is 0 Å². The molecule has 0 spiro atoms. The molecule has 152 valence electrons. The number of nitrogens with zero attached hydrogens (tertiary/aromatic N) is 1. The number of rotatable bonds is 6. The largest absolute Gasteiger partial charge is 0.317 e. The van der Waals surface area contributed by atoms with E-state index in [4.69, 9.17) is 0 Å². The van der Waals surface area contributed by atoms with Gasteiger partial charge in [0.2, 0.25) is 10.0 Å². The molecule has 0 radical (unpaired) electrons. The van der Waals surface area contributed by atoms with Crippen LogP contribution in [-0.2, 0) is 20.0 Å². The molecule has 7 nitrogen and oxygen atoms in total. The van der Waals surface area contributed by atoms with Crippen LogP contribution in [0.5, 0.6) is 0 Å². The van der Waals surface area contributed by atoms with Gasteiger partial charge in [-0.15, -0.1) is 0 Å². The van der Waals surface area contributed by atoms with Gasteiger partial charge >= 0.3 is 0 Å². The summed E-state index contributed by atoms with van der Waals surface area (Å²) in [6.07, 6.45) is 1.91. The molecule has 0 bridgehead atoms. The minimum absolute atomic E-state index is 0.0188. The Morgan fingerprint density at radius 3 is 2.07 bits per heavy atom. The molecule has 2 aromatic carbocycles. The van der Waals surface area contributed by atoms with Crippen molar-refractivity contribution in [2.75, 3.05) is 31.9 Å². The Morgan fingerprint density at radius 1 is 0.893 bits per heavy atom. The lowest BCUT2D eigenvalue weighted by Gasteiger charge is -2.25. The molecule has 9 heteroatoms. The summed E-state index contributed by atoms with van der Waals surface area (Å²) in [4.78, 5) is 0.0666. The van der Waals surface area contributed by atoms with Crippen LogP contribution in [0.2, 0.25) is 0 Å². The van der Waals surface area contributed by atoms with E-state index < -0.39 is 20.0 Å². The van der Waals surface area contributed by atoms with Crippen molar-refractivity contribution in [1.29, 1.82) is 0 Å². The van der Waals surface area contributed by atoms with E-state index in [1.807, 2.05) is 12.1 Å².